The summed E-state index contributed by atoms with van der Waals surface area (Å²) in [6.07, 6.45) is -0.0192. The van der Waals surface area contributed by atoms with E-state index in [1.807, 2.05) is 44.2 Å². The standard InChI is InChI=1S/C17H17BrN2O2S/c1-11(2)22-15-10-6-3-7-12(15)16(21)20-17(23)19-14-9-5-4-8-13(14)18/h3-11H,1-2H3,(H2,19,20,21,23). The van der Waals surface area contributed by atoms with Crippen molar-refractivity contribution in [2.24, 2.45) is 0 Å². The maximum Gasteiger partial charge on any atom is 0.261 e. The van der Waals surface area contributed by atoms with Crippen LogP contribution in [-0.2, 0) is 0 Å². The highest BCUT2D eigenvalue weighted by atomic mass is 79.9. The quantitative estimate of drug-likeness (QED) is 0.758. The van der Waals surface area contributed by atoms with Crippen LogP contribution in [-0.4, -0.2) is 17.1 Å². The molecule has 0 bridgehead atoms. The molecule has 0 aliphatic heterocycles. The van der Waals surface area contributed by atoms with Gasteiger partial charge >= 0.3 is 0 Å². The van der Waals surface area contributed by atoms with Crippen molar-refractivity contribution in [3.05, 3.63) is 58.6 Å². The van der Waals surface area contributed by atoms with Gasteiger partial charge in [-0.25, -0.2) is 0 Å². The van der Waals surface area contributed by atoms with Gasteiger partial charge < -0.3 is 10.1 Å². The Bertz CT molecular complexity index is 719. The van der Waals surface area contributed by atoms with E-state index in [1.54, 1.807) is 18.2 Å². The van der Waals surface area contributed by atoms with Crippen molar-refractivity contribution in [3.63, 3.8) is 0 Å². The van der Waals surface area contributed by atoms with E-state index in [0.29, 0.717) is 11.3 Å². The van der Waals surface area contributed by atoms with E-state index in [1.165, 1.54) is 0 Å². The lowest BCUT2D eigenvalue weighted by molar-refractivity contribution is 0.0972. The fraction of sp³-hybridized carbons (Fsp3) is 0.176. The van der Waals surface area contributed by atoms with E-state index in [0.717, 1.165) is 10.2 Å². The van der Waals surface area contributed by atoms with E-state index < -0.39 is 0 Å². The Morgan fingerprint density at radius 1 is 1.13 bits per heavy atom. The summed E-state index contributed by atoms with van der Waals surface area (Å²) in [4.78, 5) is 12.4. The van der Waals surface area contributed by atoms with Crippen molar-refractivity contribution >= 4 is 44.9 Å². The van der Waals surface area contributed by atoms with Crippen LogP contribution in [0.25, 0.3) is 0 Å². The van der Waals surface area contributed by atoms with Crippen molar-refractivity contribution < 1.29 is 9.53 Å². The molecule has 0 aromatic heterocycles. The topological polar surface area (TPSA) is 50.4 Å². The van der Waals surface area contributed by atoms with Gasteiger partial charge in [0.05, 0.1) is 17.4 Å². The van der Waals surface area contributed by atoms with Gasteiger partial charge in [-0.1, -0.05) is 24.3 Å². The largest absolute Gasteiger partial charge is 0.490 e. The molecule has 1 amide bonds. The number of nitrogens with one attached hydrogen (secondary N) is 2. The summed E-state index contributed by atoms with van der Waals surface area (Å²) < 4.78 is 6.51. The van der Waals surface area contributed by atoms with Crippen molar-refractivity contribution in [3.8, 4) is 5.75 Å². The average Bonchev–Trinajstić information content (AvgIpc) is 2.49. The van der Waals surface area contributed by atoms with Crippen LogP contribution in [0.15, 0.2) is 53.0 Å². The van der Waals surface area contributed by atoms with Crippen molar-refractivity contribution in [1.82, 2.24) is 5.32 Å². The van der Waals surface area contributed by atoms with Gasteiger partial charge in [-0.05, 0) is 66.3 Å². The summed E-state index contributed by atoms with van der Waals surface area (Å²) in [7, 11) is 0. The Morgan fingerprint density at radius 2 is 1.78 bits per heavy atom. The van der Waals surface area contributed by atoms with E-state index in [-0.39, 0.29) is 17.1 Å². The molecule has 0 radical (unpaired) electrons. The highest BCUT2D eigenvalue weighted by Gasteiger charge is 2.14. The van der Waals surface area contributed by atoms with Gasteiger partial charge in [-0.15, -0.1) is 0 Å². The fourth-order valence-electron chi connectivity index (χ4n) is 1.90. The number of para-hydroxylation sites is 2. The Balaban J connectivity index is 2.07. The first-order valence-corrected chi connectivity index (χ1v) is 8.30. The highest BCUT2D eigenvalue weighted by Crippen LogP contribution is 2.22. The number of anilines is 1. The molecule has 0 heterocycles. The first-order valence-electron chi connectivity index (χ1n) is 7.10. The Morgan fingerprint density at radius 3 is 2.48 bits per heavy atom. The number of amides is 1. The molecule has 6 heteroatoms. The number of carbonyl (C=O) groups excluding carboxylic acids is 1. The molecule has 4 nitrogen and oxygen atoms in total. The normalized spacial score (nSPS) is 10.3. The second kappa shape index (κ2) is 8.08. The summed E-state index contributed by atoms with van der Waals surface area (Å²) in [5, 5.41) is 5.87. The number of thiocarbonyl (C=S) groups is 1. The van der Waals surface area contributed by atoms with Crippen molar-refractivity contribution in [1.29, 1.82) is 0 Å². The zero-order valence-electron chi connectivity index (χ0n) is 12.8. The van der Waals surface area contributed by atoms with Crippen LogP contribution in [0.1, 0.15) is 24.2 Å². The zero-order valence-corrected chi connectivity index (χ0v) is 15.2. The molecular weight excluding hydrogens is 376 g/mol. The number of ether oxygens (including phenoxy) is 1. The van der Waals surface area contributed by atoms with E-state index in [2.05, 4.69) is 26.6 Å². The molecule has 2 aromatic rings. The van der Waals surface area contributed by atoms with E-state index >= 15 is 0 Å². The van der Waals surface area contributed by atoms with E-state index in [4.69, 9.17) is 17.0 Å². The minimum atomic E-state index is -0.314. The van der Waals surface area contributed by atoms with Crippen LogP contribution in [0.5, 0.6) is 5.75 Å². The molecule has 0 aliphatic carbocycles. The number of carbonyl (C=O) groups is 1. The third kappa shape index (κ3) is 5.04. The third-order valence-corrected chi connectivity index (χ3v) is 3.74. The smallest absolute Gasteiger partial charge is 0.261 e. The third-order valence-electron chi connectivity index (χ3n) is 2.84. The van der Waals surface area contributed by atoms with Gasteiger partial charge in [-0.2, -0.15) is 0 Å². The average molecular weight is 393 g/mol. The second-order valence-corrected chi connectivity index (χ2v) is 6.31. The summed E-state index contributed by atoms with van der Waals surface area (Å²) in [6, 6.07) is 14.6. The minimum absolute atomic E-state index is 0.0192. The molecule has 0 saturated heterocycles. The molecule has 0 aliphatic rings. The lowest BCUT2D eigenvalue weighted by atomic mass is 10.2. The predicted octanol–water partition coefficient (Wildman–Crippen LogP) is 4.36. The molecule has 23 heavy (non-hydrogen) atoms. The lowest BCUT2D eigenvalue weighted by Crippen LogP contribution is -2.34. The van der Waals surface area contributed by atoms with Crippen LogP contribution in [0.3, 0.4) is 0 Å². The van der Waals surface area contributed by atoms with Crippen LogP contribution in [0, 0.1) is 0 Å². The zero-order chi connectivity index (χ0) is 16.8. The molecule has 2 N–H and O–H groups in total. The predicted molar refractivity (Wildman–Crippen MR) is 100 cm³/mol. The monoisotopic (exact) mass is 392 g/mol. The molecule has 0 saturated carbocycles. The molecule has 0 atom stereocenters. The molecular formula is C17H17BrN2O2S. The minimum Gasteiger partial charge on any atom is -0.490 e. The highest BCUT2D eigenvalue weighted by molar-refractivity contribution is 9.10. The summed E-state index contributed by atoms with van der Waals surface area (Å²) in [6.45, 7) is 3.82. The van der Waals surface area contributed by atoms with Crippen molar-refractivity contribution in [2.45, 2.75) is 20.0 Å². The SMILES string of the molecule is CC(C)Oc1ccccc1C(=O)NC(=S)Nc1ccccc1Br. The first kappa shape index (κ1) is 17.4. The van der Waals surface area contributed by atoms with Gasteiger partial charge in [0.1, 0.15) is 5.75 Å². The Labute approximate surface area is 149 Å². The lowest BCUT2D eigenvalue weighted by Gasteiger charge is -2.15. The molecule has 0 fully saturated rings. The van der Waals surface area contributed by atoms with Gasteiger partial charge in [-0.3, -0.25) is 10.1 Å². The maximum absolute atomic E-state index is 12.4. The molecule has 120 valence electrons. The van der Waals surface area contributed by atoms with Crippen LogP contribution in [0.4, 0.5) is 5.69 Å². The number of benzene rings is 2. The molecule has 0 spiro atoms. The van der Waals surface area contributed by atoms with Crippen LogP contribution < -0.4 is 15.4 Å². The van der Waals surface area contributed by atoms with Gasteiger partial charge in [0.25, 0.3) is 5.91 Å². The van der Waals surface area contributed by atoms with Crippen molar-refractivity contribution in [2.75, 3.05) is 5.32 Å². The fourth-order valence-corrected chi connectivity index (χ4v) is 2.48. The van der Waals surface area contributed by atoms with Crippen LogP contribution in [0.2, 0.25) is 0 Å². The van der Waals surface area contributed by atoms with Gasteiger partial charge in [0.15, 0.2) is 5.11 Å². The first-order chi connectivity index (χ1) is 11.0. The maximum atomic E-state index is 12.4. The molecule has 2 rings (SSSR count). The van der Waals surface area contributed by atoms with Gasteiger partial charge in [0, 0.05) is 4.47 Å². The number of hydrogen-bond acceptors (Lipinski definition) is 3. The second-order valence-electron chi connectivity index (χ2n) is 5.05. The Hall–Kier alpha value is -1.92. The Kier molecular flexibility index (Phi) is 6.12. The van der Waals surface area contributed by atoms with Gasteiger partial charge in [0.2, 0.25) is 0 Å². The molecule has 2 aromatic carbocycles. The van der Waals surface area contributed by atoms with E-state index in [9.17, 15) is 4.79 Å². The molecule has 0 unspecified atom stereocenters. The number of rotatable bonds is 4. The number of halogens is 1. The van der Waals surface area contributed by atoms with Crippen LogP contribution >= 0.6 is 28.1 Å². The summed E-state index contributed by atoms with van der Waals surface area (Å²) in [5.41, 5.74) is 1.22. The summed E-state index contributed by atoms with van der Waals surface area (Å²) in [5.74, 6) is 0.217. The summed E-state index contributed by atoms with van der Waals surface area (Å²) >= 11 is 8.62. The number of hydrogen-bond donors (Lipinski definition) is 2.